The van der Waals surface area contributed by atoms with E-state index in [0.29, 0.717) is 12.2 Å². The van der Waals surface area contributed by atoms with Crippen LogP contribution in [0.5, 0.6) is 0 Å². The largest absolute Gasteiger partial charge is 0.478 e. The molecule has 1 aliphatic carbocycles. The van der Waals surface area contributed by atoms with Crippen LogP contribution in [0.25, 0.3) is 0 Å². The van der Waals surface area contributed by atoms with E-state index in [1.807, 2.05) is 0 Å². The lowest BCUT2D eigenvalue weighted by atomic mass is 10.0. The topological polar surface area (TPSA) is 78.4 Å². The highest BCUT2D eigenvalue weighted by Gasteiger charge is 2.15. The number of halogens is 1. The summed E-state index contributed by atoms with van der Waals surface area (Å²) in [6.45, 7) is 0.635. The Morgan fingerprint density at radius 3 is 2.67 bits per heavy atom. The van der Waals surface area contributed by atoms with Crippen LogP contribution < -0.4 is 10.6 Å². The van der Waals surface area contributed by atoms with E-state index >= 15 is 0 Å². The number of hydrogen-bond acceptors (Lipinski definition) is 2. The molecule has 1 fully saturated rings. The first-order valence-electron chi connectivity index (χ1n) is 7.14. The van der Waals surface area contributed by atoms with Crippen molar-refractivity contribution in [3.05, 3.63) is 28.8 Å². The van der Waals surface area contributed by atoms with Gasteiger partial charge in [-0.05, 0) is 30.5 Å². The second kappa shape index (κ2) is 7.31. The zero-order chi connectivity index (χ0) is 15.2. The third-order valence-corrected chi connectivity index (χ3v) is 4.10. The number of benzene rings is 1. The van der Waals surface area contributed by atoms with Gasteiger partial charge in [-0.3, -0.25) is 0 Å². The Balaban J connectivity index is 1.81. The summed E-state index contributed by atoms with van der Waals surface area (Å²) in [7, 11) is 0. The van der Waals surface area contributed by atoms with E-state index in [1.165, 1.54) is 37.8 Å². The summed E-state index contributed by atoms with van der Waals surface area (Å²) in [5, 5.41) is 14.5. The maximum Gasteiger partial charge on any atom is 0.337 e. The van der Waals surface area contributed by atoms with Gasteiger partial charge in [-0.25, -0.2) is 9.59 Å². The predicted octanol–water partition coefficient (Wildman–Crippen LogP) is 3.74. The number of rotatable bonds is 5. The first-order valence-corrected chi connectivity index (χ1v) is 7.52. The Hall–Kier alpha value is -1.75. The van der Waals surface area contributed by atoms with Gasteiger partial charge in [-0.15, -0.1) is 0 Å². The first-order chi connectivity index (χ1) is 10.1. The maximum absolute atomic E-state index is 11.7. The minimum absolute atomic E-state index is 0.0274. The van der Waals surface area contributed by atoms with Crippen molar-refractivity contribution >= 4 is 29.3 Å². The van der Waals surface area contributed by atoms with Crippen LogP contribution in [0.1, 0.15) is 42.5 Å². The molecular weight excluding hydrogens is 292 g/mol. The molecule has 0 heterocycles. The number of carbonyl (C=O) groups is 2. The van der Waals surface area contributed by atoms with E-state index in [1.54, 1.807) is 6.07 Å². The smallest absolute Gasteiger partial charge is 0.337 e. The van der Waals surface area contributed by atoms with Crippen LogP contribution in [0, 0.1) is 5.92 Å². The molecule has 0 aliphatic heterocycles. The standard InChI is InChI=1S/C15H19ClN2O3/c16-13-6-5-11(9-12(13)14(19)20)18-15(21)17-8-7-10-3-1-2-4-10/h5-6,9-10H,1-4,7-8H2,(H,19,20)(H2,17,18,21). The van der Waals surface area contributed by atoms with Crippen LogP contribution in [0.2, 0.25) is 5.02 Å². The number of carboxylic acid groups (broad SMARTS) is 1. The Labute approximate surface area is 128 Å². The monoisotopic (exact) mass is 310 g/mol. The quantitative estimate of drug-likeness (QED) is 0.775. The van der Waals surface area contributed by atoms with Gasteiger partial charge in [-0.2, -0.15) is 0 Å². The van der Waals surface area contributed by atoms with Crippen molar-refractivity contribution in [1.29, 1.82) is 0 Å². The van der Waals surface area contributed by atoms with Crippen molar-refractivity contribution in [3.63, 3.8) is 0 Å². The summed E-state index contributed by atoms with van der Waals surface area (Å²) in [4.78, 5) is 22.7. The van der Waals surface area contributed by atoms with Crippen LogP contribution >= 0.6 is 11.6 Å². The summed E-state index contributed by atoms with van der Waals surface area (Å²) < 4.78 is 0. The van der Waals surface area contributed by atoms with Crippen LogP contribution in [0.4, 0.5) is 10.5 Å². The molecular formula is C15H19ClN2O3. The van der Waals surface area contributed by atoms with Crippen LogP contribution in [-0.4, -0.2) is 23.7 Å². The van der Waals surface area contributed by atoms with E-state index in [-0.39, 0.29) is 16.6 Å². The van der Waals surface area contributed by atoms with Crippen LogP contribution in [-0.2, 0) is 0 Å². The van der Waals surface area contributed by atoms with Crippen molar-refractivity contribution in [2.75, 3.05) is 11.9 Å². The molecule has 6 heteroatoms. The second-order valence-corrected chi connectivity index (χ2v) is 5.73. The van der Waals surface area contributed by atoms with Gasteiger partial charge >= 0.3 is 12.0 Å². The van der Waals surface area contributed by atoms with Crippen molar-refractivity contribution in [3.8, 4) is 0 Å². The zero-order valence-corrected chi connectivity index (χ0v) is 12.4. The molecule has 0 radical (unpaired) electrons. The molecule has 0 bridgehead atoms. The minimum atomic E-state index is -1.12. The lowest BCUT2D eigenvalue weighted by Gasteiger charge is -2.11. The summed E-state index contributed by atoms with van der Waals surface area (Å²) in [6, 6.07) is 4.05. The van der Waals surface area contributed by atoms with E-state index in [4.69, 9.17) is 16.7 Å². The fourth-order valence-corrected chi connectivity index (χ4v) is 2.83. The molecule has 0 spiro atoms. The Kier molecular flexibility index (Phi) is 5.44. The molecule has 21 heavy (non-hydrogen) atoms. The van der Waals surface area contributed by atoms with Gasteiger partial charge in [0.15, 0.2) is 0 Å². The van der Waals surface area contributed by atoms with E-state index < -0.39 is 5.97 Å². The van der Waals surface area contributed by atoms with Crippen molar-refractivity contribution in [1.82, 2.24) is 5.32 Å². The number of hydrogen-bond donors (Lipinski definition) is 3. The third kappa shape index (κ3) is 4.63. The Morgan fingerprint density at radius 2 is 2.00 bits per heavy atom. The molecule has 0 saturated heterocycles. The summed E-state index contributed by atoms with van der Waals surface area (Å²) >= 11 is 5.77. The van der Waals surface area contributed by atoms with Crippen molar-refractivity contribution in [2.24, 2.45) is 5.92 Å². The molecule has 0 atom stereocenters. The maximum atomic E-state index is 11.7. The summed E-state index contributed by atoms with van der Waals surface area (Å²) in [5.74, 6) is -0.398. The molecule has 2 rings (SSSR count). The van der Waals surface area contributed by atoms with Gasteiger partial charge < -0.3 is 15.7 Å². The molecule has 3 N–H and O–H groups in total. The number of anilines is 1. The van der Waals surface area contributed by atoms with Gasteiger partial charge in [-0.1, -0.05) is 37.3 Å². The number of nitrogens with one attached hydrogen (secondary N) is 2. The lowest BCUT2D eigenvalue weighted by molar-refractivity contribution is 0.0697. The normalized spacial score (nSPS) is 14.9. The highest BCUT2D eigenvalue weighted by atomic mass is 35.5. The third-order valence-electron chi connectivity index (χ3n) is 3.77. The summed E-state index contributed by atoms with van der Waals surface area (Å²) in [6.07, 6.45) is 6.08. The van der Waals surface area contributed by atoms with E-state index in [9.17, 15) is 9.59 Å². The number of amides is 2. The van der Waals surface area contributed by atoms with E-state index in [2.05, 4.69) is 10.6 Å². The van der Waals surface area contributed by atoms with Crippen LogP contribution in [0.15, 0.2) is 18.2 Å². The minimum Gasteiger partial charge on any atom is -0.478 e. The number of carboxylic acids is 1. The van der Waals surface area contributed by atoms with Gasteiger partial charge in [0.1, 0.15) is 0 Å². The molecule has 0 unspecified atom stereocenters. The fraction of sp³-hybridized carbons (Fsp3) is 0.467. The molecule has 1 aromatic rings. The zero-order valence-electron chi connectivity index (χ0n) is 11.7. The van der Waals surface area contributed by atoms with Crippen molar-refractivity contribution < 1.29 is 14.7 Å². The molecule has 5 nitrogen and oxygen atoms in total. The highest BCUT2D eigenvalue weighted by Crippen LogP contribution is 2.26. The Morgan fingerprint density at radius 1 is 1.29 bits per heavy atom. The molecule has 2 amide bonds. The lowest BCUT2D eigenvalue weighted by Crippen LogP contribution is -2.30. The number of urea groups is 1. The average Bonchev–Trinajstić information content (AvgIpc) is 2.94. The number of aromatic carboxylic acids is 1. The molecule has 0 aromatic heterocycles. The summed E-state index contributed by atoms with van der Waals surface area (Å²) in [5.41, 5.74) is 0.385. The highest BCUT2D eigenvalue weighted by molar-refractivity contribution is 6.33. The SMILES string of the molecule is O=C(NCCC1CCCC1)Nc1ccc(Cl)c(C(=O)O)c1. The molecule has 114 valence electrons. The van der Waals surface area contributed by atoms with Gasteiger partial charge in [0.25, 0.3) is 0 Å². The van der Waals surface area contributed by atoms with Gasteiger partial charge in [0, 0.05) is 12.2 Å². The first kappa shape index (κ1) is 15.6. The van der Waals surface area contributed by atoms with Crippen LogP contribution in [0.3, 0.4) is 0 Å². The van der Waals surface area contributed by atoms with E-state index in [0.717, 1.165) is 12.3 Å². The number of carbonyl (C=O) groups excluding carboxylic acids is 1. The van der Waals surface area contributed by atoms with Crippen molar-refractivity contribution in [2.45, 2.75) is 32.1 Å². The van der Waals surface area contributed by atoms with Gasteiger partial charge in [0.2, 0.25) is 0 Å². The predicted molar refractivity (Wildman–Crippen MR) is 82.0 cm³/mol. The fourth-order valence-electron chi connectivity index (χ4n) is 2.63. The second-order valence-electron chi connectivity index (χ2n) is 5.32. The molecule has 1 saturated carbocycles. The average molecular weight is 311 g/mol. The molecule has 1 aromatic carbocycles. The van der Waals surface area contributed by atoms with Gasteiger partial charge in [0.05, 0.1) is 10.6 Å². The molecule has 1 aliphatic rings. The Bertz CT molecular complexity index is 528.